The number of nitrogens with one attached hydrogen (secondary N) is 2. The Labute approximate surface area is 178 Å². The van der Waals surface area contributed by atoms with Gasteiger partial charge in [0.15, 0.2) is 11.0 Å². The first-order valence-corrected chi connectivity index (χ1v) is 11.0. The van der Waals surface area contributed by atoms with Crippen molar-refractivity contribution in [1.82, 2.24) is 30.3 Å². The summed E-state index contributed by atoms with van der Waals surface area (Å²) in [4.78, 5) is 24.0. The monoisotopic (exact) mass is 449 g/mol. The molecule has 0 atom stereocenters. The number of fused-ring (bicyclic) bond motifs is 1. The highest BCUT2D eigenvalue weighted by molar-refractivity contribution is 7.98. The van der Waals surface area contributed by atoms with Gasteiger partial charge in [-0.1, -0.05) is 46.8 Å². The van der Waals surface area contributed by atoms with Crippen LogP contribution in [0.3, 0.4) is 0 Å². The van der Waals surface area contributed by atoms with Crippen LogP contribution in [0, 0.1) is 0 Å². The summed E-state index contributed by atoms with van der Waals surface area (Å²) in [5.74, 6) is 1.28. The Morgan fingerprint density at radius 1 is 1.34 bits per heavy atom. The van der Waals surface area contributed by atoms with E-state index in [-0.39, 0.29) is 12.3 Å². The van der Waals surface area contributed by atoms with E-state index < -0.39 is 0 Å². The lowest BCUT2D eigenvalue weighted by Gasteiger charge is -1.98. The number of carbonyl (C=O) groups excluding carboxylic acids is 1. The maximum absolute atomic E-state index is 12.0. The van der Waals surface area contributed by atoms with Crippen LogP contribution in [0.2, 0.25) is 5.02 Å². The molecule has 0 saturated heterocycles. The molecule has 4 aromatic rings. The maximum Gasteiger partial charge on any atom is 0.227 e. The number of imidazole rings is 1. The number of aromatic amines is 1. The normalized spacial score (nSPS) is 11.2. The van der Waals surface area contributed by atoms with Crippen molar-refractivity contribution in [3.8, 4) is 0 Å². The average Bonchev–Trinajstić information content (AvgIpc) is 3.43. The van der Waals surface area contributed by atoms with Crippen molar-refractivity contribution in [2.45, 2.75) is 37.1 Å². The highest BCUT2D eigenvalue weighted by Gasteiger charge is 2.12. The molecule has 1 aromatic carbocycles. The third-order valence-corrected chi connectivity index (χ3v) is 5.94. The van der Waals surface area contributed by atoms with Gasteiger partial charge in [0.2, 0.25) is 16.9 Å². The van der Waals surface area contributed by atoms with Gasteiger partial charge in [-0.3, -0.25) is 4.79 Å². The van der Waals surface area contributed by atoms with E-state index in [1.807, 2.05) is 19.1 Å². The molecule has 1 amide bonds. The number of carbonyl (C=O) groups is 1. The molecular weight excluding hydrogens is 434 g/mol. The van der Waals surface area contributed by atoms with Crippen LogP contribution in [0.1, 0.15) is 30.1 Å². The summed E-state index contributed by atoms with van der Waals surface area (Å²) >= 11 is 8.82. The van der Waals surface area contributed by atoms with Gasteiger partial charge in [0.25, 0.3) is 0 Å². The Bertz CT molecular complexity index is 1140. The fraction of sp³-hybridized carbons (Fsp3) is 0.294. The van der Waals surface area contributed by atoms with Gasteiger partial charge in [0.1, 0.15) is 5.01 Å². The average molecular weight is 450 g/mol. The summed E-state index contributed by atoms with van der Waals surface area (Å²) in [5, 5.41) is 17.4. The molecule has 0 bridgehead atoms. The van der Waals surface area contributed by atoms with Crippen LogP contribution in [0.5, 0.6) is 0 Å². The minimum absolute atomic E-state index is 0.168. The van der Waals surface area contributed by atoms with Crippen molar-refractivity contribution in [1.29, 1.82) is 0 Å². The smallest absolute Gasteiger partial charge is 0.227 e. The number of amides is 1. The zero-order chi connectivity index (χ0) is 20.2. The van der Waals surface area contributed by atoms with Crippen LogP contribution in [0.15, 0.2) is 27.9 Å². The van der Waals surface area contributed by atoms with E-state index in [4.69, 9.17) is 16.1 Å². The van der Waals surface area contributed by atoms with Crippen molar-refractivity contribution in [2.24, 2.45) is 0 Å². The summed E-state index contributed by atoms with van der Waals surface area (Å²) in [6.45, 7) is 1.99. The number of aromatic nitrogens is 6. The quantitative estimate of drug-likeness (QED) is 0.388. The van der Waals surface area contributed by atoms with E-state index in [1.165, 1.54) is 23.1 Å². The summed E-state index contributed by atoms with van der Waals surface area (Å²) in [5.41, 5.74) is 1.72. The lowest BCUT2D eigenvalue weighted by atomic mass is 10.3. The molecule has 0 unspecified atom stereocenters. The van der Waals surface area contributed by atoms with E-state index in [2.05, 4.69) is 35.6 Å². The number of anilines is 1. The number of halogens is 1. The molecule has 4 rings (SSSR count). The fourth-order valence-corrected chi connectivity index (χ4v) is 4.06. The Hall–Kier alpha value is -2.50. The molecule has 3 aromatic heterocycles. The predicted octanol–water partition coefficient (Wildman–Crippen LogP) is 3.88. The minimum atomic E-state index is -0.168. The Morgan fingerprint density at radius 2 is 2.24 bits per heavy atom. The number of rotatable bonds is 8. The van der Waals surface area contributed by atoms with Gasteiger partial charge in [-0.2, -0.15) is 4.98 Å². The SMILES string of the molecule is CCc1nnc(NC(=O)CCc2nc(CSc3nc4ccc(Cl)cc4[nH]3)no2)s1. The molecule has 0 aliphatic heterocycles. The topological polar surface area (TPSA) is 122 Å². The van der Waals surface area contributed by atoms with Crippen molar-refractivity contribution in [2.75, 3.05) is 5.32 Å². The second-order valence-electron chi connectivity index (χ2n) is 6.00. The van der Waals surface area contributed by atoms with Crippen molar-refractivity contribution in [3.05, 3.63) is 39.9 Å². The third-order valence-electron chi connectivity index (χ3n) is 3.85. The zero-order valence-corrected chi connectivity index (χ0v) is 17.7. The van der Waals surface area contributed by atoms with Crippen LogP contribution in [-0.2, 0) is 23.4 Å². The first-order chi connectivity index (χ1) is 14.1. The number of hydrogen-bond acceptors (Lipinski definition) is 9. The van der Waals surface area contributed by atoms with Crippen LogP contribution in [-0.4, -0.2) is 36.2 Å². The van der Waals surface area contributed by atoms with E-state index in [0.29, 0.717) is 34.0 Å². The lowest BCUT2D eigenvalue weighted by molar-refractivity contribution is -0.116. The highest BCUT2D eigenvalue weighted by Crippen LogP contribution is 2.24. The van der Waals surface area contributed by atoms with Gasteiger partial charge in [0, 0.05) is 17.9 Å². The van der Waals surface area contributed by atoms with Crippen molar-refractivity contribution in [3.63, 3.8) is 0 Å². The molecule has 2 N–H and O–H groups in total. The molecule has 0 fully saturated rings. The molecule has 0 radical (unpaired) electrons. The summed E-state index contributed by atoms with van der Waals surface area (Å²) in [6.07, 6.45) is 1.37. The zero-order valence-electron chi connectivity index (χ0n) is 15.3. The van der Waals surface area contributed by atoms with Gasteiger partial charge in [-0.25, -0.2) is 4.98 Å². The Balaban J connectivity index is 1.27. The predicted molar refractivity (Wildman–Crippen MR) is 111 cm³/mol. The Kier molecular flexibility index (Phi) is 6.07. The van der Waals surface area contributed by atoms with E-state index in [1.54, 1.807) is 6.07 Å². The van der Waals surface area contributed by atoms with E-state index in [0.717, 1.165) is 27.6 Å². The van der Waals surface area contributed by atoms with Crippen molar-refractivity contribution < 1.29 is 9.32 Å². The van der Waals surface area contributed by atoms with Crippen LogP contribution in [0.25, 0.3) is 11.0 Å². The van der Waals surface area contributed by atoms with Crippen LogP contribution >= 0.6 is 34.7 Å². The Morgan fingerprint density at radius 3 is 3.07 bits per heavy atom. The molecule has 3 heterocycles. The molecule has 0 aliphatic carbocycles. The first kappa shape index (κ1) is 19.8. The molecule has 0 aliphatic rings. The number of hydrogen-bond donors (Lipinski definition) is 2. The molecule has 150 valence electrons. The number of nitrogens with zero attached hydrogens (tertiary/aromatic N) is 5. The number of thioether (sulfide) groups is 1. The van der Waals surface area contributed by atoms with E-state index >= 15 is 0 Å². The molecular formula is C17H16ClN7O2S2. The third kappa shape index (κ3) is 5.11. The van der Waals surface area contributed by atoms with Crippen LogP contribution < -0.4 is 5.32 Å². The fourth-order valence-electron chi connectivity index (χ4n) is 2.46. The molecule has 0 saturated carbocycles. The summed E-state index contributed by atoms with van der Waals surface area (Å²) in [6, 6.07) is 5.49. The molecule has 9 nitrogen and oxygen atoms in total. The second-order valence-corrected chi connectivity index (χ2v) is 8.46. The van der Waals surface area contributed by atoms with Gasteiger partial charge in [-0.05, 0) is 24.6 Å². The largest absolute Gasteiger partial charge is 0.339 e. The van der Waals surface area contributed by atoms with Gasteiger partial charge < -0.3 is 14.8 Å². The highest BCUT2D eigenvalue weighted by atomic mass is 35.5. The maximum atomic E-state index is 12.0. The number of H-pyrrole nitrogens is 1. The number of aryl methyl sites for hydroxylation is 2. The van der Waals surface area contributed by atoms with E-state index in [9.17, 15) is 4.79 Å². The number of benzene rings is 1. The lowest BCUT2D eigenvalue weighted by Crippen LogP contribution is -2.12. The molecule has 29 heavy (non-hydrogen) atoms. The standard InChI is InChI=1S/C17H16ClN7O2S2/c1-2-15-23-24-17(29-15)22-13(26)5-6-14-21-12(25-27-14)8-28-16-19-10-4-3-9(18)7-11(10)20-16/h3-4,7H,2,5-6,8H2,1H3,(H,19,20)(H,22,24,26). The minimum Gasteiger partial charge on any atom is -0.339 e. The molecule has 12 heteroatoms. The van der Waals surface area contributed by atoms with Gasteiger partial charge >= 0.3 is 0 Å². The van der Waals surface area contributed by atoms with Crippen molar-refractivity contribution >= 4 is 56.8 Å². The van der Waals surface area contributed by atoms with Gasteiger partial charge in [0.05, 0.1) is 16.8 Å². The van der Waals surface area contributed by atoms with Gasteiger partial charge in [-0.15, -0.1) is 10.2 Å². The summed E-state index contributed by atoms with van der Waals surface area (Å²) < 4.78 is 5.22. The van der Waals surface area contributed by atoms with Crippen LogP contribution in [0.4, 0.5) is 5.13 Å². The summed E-state index contributed by atoms with van der Waals surface area (Å²) in [7, 11) is 0. The second kappa shape index (κ2) is 8.89. The molecule has 0 spiro atoms. The first-order valence-electron chi connectivity index (χ1n) is 8.81.